The van der Waals surface area contributed by atoms with Crippen molar-refractivity contribution < 1.29 is 14.2 Å². The molecule has 3 N–H and O–H groups in total. The van der Waals surface area contributed by atoms with Gasteiger partial charge in [0.2, 0.25) is 5.88 Å². The van der Waals surface area contributed by atoms with Crippen molar-refractivity contribution in [2.75, 3.05) is 38.6 Å². The largest absolute Gasteiger partial charge is 0.481 e. The Balaban J connectivity index is 0.00000210. The van der Waals surface area contributed by atoms with E-state index in [0.717, 1.165) is 36.3 Å². The zero-order valence-corrected chi connectivity index (χ0v) is 16.2. The van der Waals surface area contributed by atoms with Crippen molar-refractivity contribution in [3.05, 3.63) is 12.1 Å². The van der Waals surface area contributed by atoms with E-state index in [1.54, 1.807) is 13.2 Å². The number of hydrogen-bond acceptors (Lipinski definition) is 6. The molecule has 10 heteroatoms. The molecular formula is C17H25BN5O2S2+. The number of thiocarbonyl (C=S) groups is 1. The van der Waals surface area contributed by atoms with E-state index in [2.05, 4.69) is 20.6 Å². The van der Waals surface area contributed by atoms with Crippen molar-refractivity contribution in [2.45, 2.75) is 25.9 Å². The fraction of sp³-hybridized carbons (Fsp3) is 0.588. The van der Waals surface area contributed by atoms with Crippen LogP contribution in [0.4, 0.5) is 5.13 Å². The second-order valence-electron chi connectivity index (χ2n) is 7.21. The smallest absolute Gasteiger partial charge is 0.481 e. The van der Waals surface area contributed by atoms with E-state index in [1.807, 2.05) is 6.07 Å². The van der Waals surface area contributed by atoms with E-state index in [-0.39, 0.29) is 13.3 Å². The van der Waals surface area contributed by atoms with Crippen LogP contribution in [-0.4, -0.2) is 71.5 Å². The molecule has 2 bridgehead atoms. The van der Waals surface area contributed by atoms with E-state index >= 15 is 0 Å². The van der Waals surface area contributed by atoms with E-state index in [9.17, 15) is 5.11 Å². The summed E-state index contributed by atoms with van der Waals surface area (Å²) in [6.07, 6.45) is 1.92. The second-order valence-corrected chi connectivity index (χ2v) is 8.59. The number of pyridine rings is 1. The van der Waals surface area contributed by atoms with Crippen LogP contribution in [0.25, 0.3) is 10.3 Å². The third-order valence-electron chi connectivity index (χ3n) is 5.41. The number of aliphatic hydroxyl groups is 1. The van der Waals surface area contributed by atoms with Gasteiger partial charge < -0.3 is 24.9 Å². The minimum absolute atomic E-state index is 0. The maximum Gasteiger partial charge on any atom is 0.481 e. The Labute approximate surface area is 170 Å². The molecule has 5 rings (SSSR count). The molecule has 0 saturated carbocycles. The molecule has 2 aromatic rings. The number of methoxy groups -OCH3 is 1. The van der Waals surface area contributed by atoms with E-state index in [0.29, 0.717) is 33.6 Å². The molecule has 2 radical (unpaired) electrons. The van der Waals surface area contributed by atoms with Crippen molar-refractivity contribution in [2.24, 2.45) is 5.92 Å². The van der Waals surface area contributed by atoms with Crippen LogP contribution < -0.4 is 15.4 Å². The summed E-state index contributed by atoms with van der Waals surface area (Å²) in [5.74, 6) is 0.831. The first-order chi connectivity index (χ1) is 12.4. The molecule has 144 valence electrons. The zero-order valence-electron chi connectivity index (χ0n) is 14.6. The topological polar surface area (TPSA) is 79.3 Å². The number of nitrogens with zero attached hydrogens (tertiary/aromatic N) is 3. The highest BCUT2D eigenvalue weighted by atomic mass is 32.1. The highest BCUT2D eigenvalue weighted by molar-refractivity contribution is 7.80. The molecule has 2 aromatic heterocycles. The fourth-order valence-corrected chi connectivity index (χ4v) is 5.06. The van der Waals surface area contributed by atoms with Crippen LogP contribution in [0.2, 0.25) is 0 Å². The molecule has 1 atom stereocenters. The third-order valence-corrected chi connectivity index (χ3v) is 6.54. The number of fused-ring (bicyclic) bond motifs is 4. The molecule has 0 aromatic carbocycles. The first-order valence-electron chi connectivity index (χ1n) is 8.63. The van der Waals surface area contributed by atoms with Gasteiger partial charge in [0.25, 0.3) is 0 Å². The molecule has 1 unspecified atom stereocenters. The predicted octanol–water partition coefficient (Wildman–Crippen LogP) is 1.68. The van der Waals surface area contributed by atoms with Crippen LogP contribution in [0.3, 0.4) is 0 Å². The summed E-state index contributed by atoms with van der Waals surface area (Å²) < 4.78 is 5.59. The summed E-state index contributed by atoms with van der Waals surface area (Å²) in [5, 5.41) is 18.3. The van der Waals surface area contributed by atoms with Crippen molar-refractivity contribution in [3.63, 3.8) is 0 Å². The summed E-state index contributed by atoms with van der Waals surface area (Å²) >= 11 is 6.77. The van der Waals surface area contributed by atoms with Crippen LogP contribution in [-0.2, 0) is 0 Å². The van der Waals surface area contributed by atoms with E-state index in [1.165, 1.54) is 11.3 Å². The first-order valence-corrected chi connectivity index (χ1v) is 9.85. The number of rotatable bonds is 4. The summed E-state index contributed by atoms with van der Waals surface area (Å²) in [5.41, 5.74) is -0.0360. The number of quaternary nitrogens is 1. The number of hydrogen-bond donors (Lipinski definition) is 3. The van der Waals surface area contributed by atoms with E-state index in [4.69, 9.17) is 24.9 Å². The van der Waals surface area contributed by atoms with Gasteiger partial charge in [-0.1, -0.05) is 18.8 Å². The van der Waals surface area contributed by atoms with Gasteiger partial charge in [0.1, 0.15) is 15.9 Å². The molecular weight excluding hydrogens is 381 g/mol. The Morgan fingerprint density at radius 3 is 2.85 bits per heavy atom. The number of nitrogens with one attached hydrogen (secondary N) is 2. The minimum Gasteiger partial charge on any atom is -0.481 e. The first kappa shape index (κ1) is 20.3. The molecule has 3 saturated heterocycles. The number of piperidine rings is 3. The van der Waals surface area contributed by atoms with Crippen molar-refractivity contribution >= 4 is 52.1 Å². The van der Waals surface area contributed by atoms with Gasteiger partial charge in [-0.3, -0.25) is 0 Å². The lowest BCUT2D eigenvalue weighted by atomic mass is 9.72. The molecule has 0 amide bonds. The van der Waals surface area contributed by atoms with Gasteiger partial charge in [0.05, 0.1) is 33.3 Å². The lowest BCUT2D eigenvalue weighted by molar-refractivity contribution is -0.846. The molecule has 7 nitrogen and oxygen atoms in total. The van der Waals surface area contributed by atoms with Gasteiger partial charge in [-0.15, -0.1) is 0 Å². The highest BCUT2D eigenvalue weighted by Crippen LogP contribution is 2.38. The second kappa shape index (κ2) is 7.50. The maximum absolute atomic E-state index is 11.0. The lowest BCUT2D eigenvalue weighted by Gasteiger charge is -2.55. The van der Waals surface area contributed by atoms with Crippen LogP contribution in [0.5, 0.6) is 5.88 Å². The molecule has 3 aliphatic rings. The van der Waals surface area contributed by atoms with Crippen LogP contribution >= 0.6 is 23.6 Å². The SMILES string of the molecule is C.[B][N+]12CCC(CC1)C(O)(CNC(=S)Nc1nc3ccc(OC)nc3s1)C2. The Hall–Kier alpha value is -1.49. The van der Waals surface area contributed by atoms with Crippen LogP contribution in [0.15, 0.2) is 12.1 Å². The summed E-state index contributed by atoms with van der Waals surface area (Å²) in [7, 11) is 7.93. The number of thiazole rings is 1. The lowest BCUT2D eigenvalue weighted by Crippen LogP contribution is -2.70. The monoisotopic (exact) mass is 406 g/mol. The number of aromatic nitrogens is 2. The Morgan fingerprint density at radius 2 is 2.19 bits per heavy atom. The molecule has 0 spiro atoms. The maximum atomic E-state index is 11.0. The van der Waals surface area contributed by atoms with Crippen molar-refractivity contribution in [1.82, 2.24) is 15.3 Å². The average Bonchev–Trinajstić information content (AvgIpc) is 3.01. The summed E-state index contributed by atoms with van der Waals surface area (Å²) in [4.78, 5) is 9.60. The minimum atomic E-state index is -0.820. The predicted molar refractivity (Wildman–Crippen MR) is 113 cm³/mol. The van der Waals surface area contributed by atoms with Gasteiger partial charge in [-0.2, -0.15) is 0 Å². The Kier molecular flexibility index (Phi) is 5.63. The third kappa shape index (κ3) is 4.03. The van der Waals surface area contributed by atoms with Crippen molar-refractivity contribution in [3.8, 4) is 5.88 Å². The molecule has 3 aliphatic heterocycles. The van der Waals surface area contributed by atoms with Gasteiger partial charge in [-0.25, -0.2) is 9.97 Å². The molecule has 5 heterocycles. The normalized spacial score (nSPS) is 29.2. The van der Waals surface area contributed by atoms with Crippen molar-refractivity contribution in [1.29, 1.82) is 0 Å². The molecule has 27 heavy (non-hydrogen) atoms. The Bertz CT molecular complexity index is 840. The standard InChI is InChI=1S/C16H21BN5O2S2.CH4/c1-24-12-3-2-11-13(20-12)26-15(19-11)21-14(25)18-8-16(23)9-22(17)6-4-10(16)5-7-22;/h2-3,10,23H,4-9H2,1H3,(H2,18,19,21,25);1H4/q+1;. The quantitative estimate of drug-likeness (QED) is 0.527. The van der Waals surface area contributed by atoms with Gasteiger partial charge in [0, 0.05) is 24.8 Å². The molecule has 3 fully saturated rings. The zero-order chi connectivity index (χ0) is 18.4. The molecule has 0 aliphatic carbocycles. The van der Waals surface area contributed by atoms with Gasteiger partial charge >= 0.3 is 7.98 Å². The highest BCUT2D eigenvalue weighted by Gasteiger charge is 2.52. The summed E-state index contributed by atoms with van der Waals surface area (Å²) in [6, 6.07) is 3.64. The number of ether oxygens (including phenoxy) is 1. The average molecular weight is 406 g/mol. The van der Waals surface area contributed by atoms with Gasteiger partial charge in [0.15, 0.2) is 10.2 Å². The van der Waals surface area contributed by atoms with Gasteiger partial charge in [-0.05, 0) is 18.3 Å². The number of anilines is 1. The fourth-order valence-electron chi connectivity index (χ4n) is 3.99. The Morgan fingerprint density at radius 1 is 1.44 bits per heavy atom. The van der Waals surface area contributed by atoms with Crippen LogP contribution in [0, 0.1) is 5.92 Å². The summed E-state index contributed by atoms with van der Waals surface area (Å²) in [6.45, 7) is 2.84. The van der Waals surface area contributed by atoms with Crippen LogP contribution in [0.1, 0.15) is 20.3 Å². The van der Waals surface area contributed by atoms with E-state index < -0.39 is 5.60 Å².